The number of allylic oxidation sites excluding steroid dienone is 2. The van der Waals surface area contributed by atoms with E-state index in [1.807, 2.05) is 21.1 Å². The molecule has 2 atom stereocenters. The van der Waals surface area contributed by atoms with Crippen LogP contribution in [-0.2, 0) is 27.9 Å². The Morgan fingerprint density at radius 1 is 0.714 bits per heavy atom. The summed E-state index contributed by atoms with van der Waals surface area (Å²) in [5, 5.41) is 0. The van der Waals surface area contributed by atoms with Crippen LogP contribution in [0.3, 0.4) is 0 Å². The van der Waals surface area contributed by atoms with Crippen molar-refractivity contribution in [3.05, 3.63) is 12.2 Å². The lowest BCUT2D eigenvalue weighted by Gasteiger charge is -2.28. The van der Waals surface area contributed by atoms with Crippen molar-refractivity contribution in [3.63, 3.8) is 0 Å². The Morgan fingerprint density at radius 2 is 1.29 bits per heavy atom. The van der Waals surface area contributed by atoms with Crippen LogP contribution in [0.5, 0.6) is 0 Å². The zero-order valence-electron chi connectivity index (χ0n) is 28.0. The minimum Gasteiger partial charge on any atom is -0.756 e. The van der Waals surface area contributed by atoms with Crippen molar-refractivity contribution in [2.45, 2.75) is 142 Å². The van der Waals surface area contributed by atoms with E-state index in [4.69, 9.17) is 18.5 Å². The molecule has 0 spiro atoms. The first-order valence-corrected chi connectivity index (χ1v) is 18.4. The molecule has 0 saturated carbocycles. The number of hydrogen-bond acceptors (Lipinski definition) is 7. The molecule has 42 heavy (non-hydrogen) atoms. The van der Waals surface area contributed by atoms with Gasteiger partial charge in [0.05, 0.1) is 34.4 Å². The molecule has 0 aliphatic carbocycles. The number of esters is 1. The van der Waals surface area contributed by atoms with Crippen molar-refractivity contribution in [1.29, 1.82) is 0 Å². The van der Waals surface area contributed by atoms with Gasteiger partial charge in [-0.3, -0.25) is 9.36 Å². The van der Waals surface area contributed by atoms with Gasteiger partial charge in [-0.15, -0.1) is 0 Å². The molecule has 0 aromatic heterocycles. The maximum atomic E-state index is 12.5. The van der Waals surface area contributed by atoms with E-state index in [1.54, 1.807) is 0 Å². The van der Waals surface area contributed by atoms with Gasteiger partial charge < -0.3 is 27.9 Å². The third-order valence-corrected chi connectivity index (χ3v) is 8.01. The summed E-state index contributed by atoms with van der Waals surface area (Å²) in [6, 6.07) is 0. The maximum Gasteiger partial charge on any atom is 0.306 e. The zero-order valence-corrected chi connectivity index (χ0v) is 28.8. The fourth-order valence-corrected chi connectivity index (χ4v) is 5.10. The van der Waals surface area contributed by atoms with Gasteiger partial charge >= 0.3 is 5.97 Å². The summed E-state index contributed by atoms with van der Waals surface area (Å²) < 4.78 is 34.2. The van der Waals surface area contributed by atoms with Crippen LogP contribution in [0.15, 0.2) is 12.2 Å². The number of likely N-dealkylation sites (N-methyl/N-ethyl adjacent to an activating group) is 1. The minimum atomic E-state index is -4.50. The van der Waals surface area contributed by atoms with Crippen molar-refractivity contribution in [3.8, 4) is 0 Å². The molecule has 0 aromatic rings. The lowest BCUT2D eigenvalue weighted by atomic mass is 10.1. The summed E-state index contributed by atoms with van der Waals surface area (Å²) in [7, 11) is 1.35. The number of phosphoric acid groups is 1. The van der Waals surface area contributed by atoms with E-state index in [9.17, 15) is 14.3 Å². The zero-order chi connectivity index (χ0) is 31.4. The normalized spacial score (nSPS) is 14.3. The summed E-state index contributed by atoms with van der Waals surface area (Å²) in [5.41, 5.74) is 0. The van der Waals surface area contributed by atoms with E-state index >= 15 is 0 Å². The third kappa shape index (κ3) is 30.7. The van der Waals surface area contributed by atoms with Gasteiger partial charge in [-0.05, 0) is 32.1 Å². The topological polar surface area (TPSA) is 94.1 Å². The number of unbranched alkanes of at least 4 members (excludes halogenated alkanes) is 15. The number of hydrogen-bond donors (Lipinski definition) is 0. The average Bonchev–Trinajstić information content (AvgIpc) is 2.92. The van der Waals surface area contributed by atoms with Crippen molar-refractivity contribution >= 4 is 13.8 Å². The average molecular weight is 620 g/mol. The lowest BCUT2D eigenvalue weighted by molar-refractivity contribution is -0.870. The summed E-state index contributed by atoms with van der Waals surface area (Å²) in [4.78, 5) is 24.7. The number of ether oxygens (including phenoxy) is 2. The Morgan fingerprint density at radius 3 is 1.90 bits per heavy atom. The van der Waals surface area contributed by atoms with Crippen molar-refractivity contribution in [2.24, 2.45) is 0 Å². The van der Waals surface area contributed by atoms with Crippen molar-refractivity contribution < 1.29 is 37.3 Å². The highest BCUT2D eigenvalue weighted by Gasteiger charge is 2.20. The number of nitrogens with zero attached hydrogens (tertiary/aromatic N) is 1. The quantitative estimate of drug-likeness (QED) is 0.0254. The minimum absolute atomic E-state index is 0.0268. The molecule has 0 rings (SSSR count). The molecule has 0 aliphatic rings. The second-order valence-electron chi connectivity index (χ2n) is 12.5. The number of rotatable bonds is 31. The van der Waals surface area contributed by atoms with Gasteiger partial charge in [0.15, 0.2) is 0 Å². The Bertz CT molecular complexity index is 696. The Kier molecular flexibility index (Phi) is 27.3. The molecule has 0 N–H and O–H groups in total. The van der Waals surface area contributed by atoms with E-state index in [0.717, 1.165) is 51.4 Å². The van der Waals surface area contributed by atoms with E-state index in [1.165, 1.54) is 64.2 Å². The van der Waals surface area contributed by atoms with Gasteiger partial charge in [0.2, 0.25) is 0 Å². The smallest absolute Gasteiger partial charge is 0.306 e. The molecule has 9 heteroatoms. The van der Waals surface area contributed by atoms with Crippen LogP contribution in [0.25, 0.3) is 0 Å². The Hall–Kier alpha value is -0.760. The standard InChI is InChI=1S/C33H66NO7P/c1-6-8-10-12-14-16-18-20-22-24-26-33(35)41-32(31-40-42(36,37)39-29-27-34(3,4)5)30-38-28-25-23-21-19-17-15-13-11-9-7-2/h10,12,32H,6-9,11,13-31H2,1-5H3/b12-10-. The highest BCUT2D eigenvalue weighted by molar-refractivity contribution is 7.45. The number of phosphoric ester groups is 1. The van der Waals surface area contributed by atoms with Gasteiger partial charge in [0.1, 0.15) is 19.3 Å². The first-order valence-electron chi connectivity index (χ1n) is 16.9. The van der Waals surface area contributed by atoms with Gasteiger partial charge in [-0.1, -0.05) is 109 Å². The molecular weight excluding hydrogens is 553 g/mol. The Labute approximate surface area is 259 Å². The van der Waals surface area contributed by atoms with E-state index < -0.39 is 13.9 Å². The van der Waals surface area contributed by atoms with E-state index in [-0.39, 0.29) is 25.8 Å². The van der Waals surface area contributed by atoms with Crippen LogP contribution < -0.4 is 4.89 Å². The molecule has 2 unspecified atom stereocenters. The third-order valence-electron chi connectivity index (χ3n) is 7.05. The molecular formula is C33H66NO7P. The van der Waals surface area contributed by atoms with Gasteiger partial charge in [-0.25, -0.2) is 0 Å². The highest BCUT2D eigenvalue weighted by Crippen LogP contribution is 2.38. The monoisotopic (exact) mass is 619 g/mol. The first kappa shape index (κ1) is 41.2. The van der Waals surface area contributed by atoms with E-state index in [2.05, 4.69) is 26.0 Å². The molecule has 0 bridgehead atoms. The maximum absolute atomic E-state index is 12.5. The van der Waals surface area contributed by atoms with Gasteiger partial charge in [0.25, 0.3) is 7.82 Å². The molecule has 250 valence electrons. The predicted octanol–water partition coefficient (Wildman–Crippen LogP) is 8.13. The summed E-state index contributed by atoms with van der Waals surface area (Å²) in [6.07, 6.45) is 25.0. The molecule has 0 aliphatic heterocycles. The molecule has 0 aromatic carbocycles. The van der Waals surface area contributed by atoms with Crippen LogP contribution in [0.4, 0.5) is 0 Å². The first-order chi connectivity index (χ1) is 20.1. The molecule has 0 saturated heterocycles. The largest absolute Gasteiger partial charge is 0.756 e. The number of carbonyl (C=O) groups excluding carboxylic acids is 1. The van der Waals surface area contributed by atoms with Crippen LogP contribution >= 0.6 is 7.82 Å². The predicted molar refractivity (Wildman–Crippen MR) is 171 cm³/mol. The SMILES string of the molecule is CCC/C=C\CCCCCCCC(=O)OC(COCCCCCCCCCCCC)COP(=O)([O-])OCC[N+](C)(C)C. The fraction of sp³-hybridized carbons (Fsp3) is 0.909. The van der Waals surface area contributed by atoms with Gasteiger partial charge in [-0.2, -0.15) is 0 Å². The number of quaternary nitrogens is 1. The molecule has 0 heterocycles. The van der Waals surface area contributed by atoms with Gasteiger partial charge in [0, 0.05) is 13.0 Å². The summed E-state index contributed by atoms with van der Waals surface area (Å²) >= 11 is 0. The van der Waals surface area contributed by atoms with Crippen LogP contribution in [0.2, 0.25) is 0 Å². The van der Waals surface area contributed by atoms with Crippen LogP contribution in [0, 0.1) is 0 Å². The van der Waals surface area contributed by atoms with Crippen LogP contribution in [-0.4, -0.2) is 70.7 Å². The molecule has 0 fully saturated rings. The number of carbonyl (C=O) groups is 1. The van der Waals surface area contributed by atoms with Crippen molar-refractivity contribution in [2.75, 3.05) is 54.1 Å². The summed E-state index contributed by atoms with van der Waals surface area (Å²) in [5.74, 6) is -0.347. The van der Waals surface area contributed by atoms with Crippen molar-refractivity contribution in [1.82, 2.24) is 0 Å². The van der Waals surface area contributed by atoms with Crippen LogP contribution in [0.1, 0.15) is 136 Å². The highest BCUT2D eigenvalue weighted by atomic mass is 31.2. The lowest BCUT2D eigenvalue weighted by Crippen LogP contribution is -2.37. The summed E-state index contributed by atoms with van der Waals surface area (Å²) in [6.45, 7) is 5.32. The van der Waals surface area contributed by atoms with E-state index in [0.29, 0.717) is 24.1 Å². The second kappa shape index (κ2) is 27.8. The Balaban J connectivity index is 4.37. The molecule has 0 radical (unpaired) electrons. The molecule has 0 amide bonds. The second-order valence-corrected chi connectivity index (χ2v) is 13.9. The molecule has 8 nitrogen and oxygen atoms in total. The fourth-order valence-electron chi connectivity index (χ4n) is 4.37.